The third-order valence-corrected chi connectivity index (χ3v) is 10.3. The van der Waals surface area contributed by atoms with Gasteiger partial charge >= 0.3 is 11.9 Å². The lowest BCUT2D eigenvalue weighted by atomic mass is 9.99. The predicted molar refractivity (Wildman–Crippen MR) is 219 cm³/mol. The maximum atomic E-state index is 12.7. The van der Waals surface area contributed by atoms with Crippen molar-refractivity contribution >= 4 is 11.9 Å². The molecule has 4 N–H and O–H groups in total. The summed E-state index contributed by atoms with van der Waals surface area (Å²) in [7, 11) is 0. The summed E-state index contributed by atoms with van der Waals surface area (Å²) in [5, 5.41) is 40.0. The van der Waals surface area contributed by atoms with Gasteiger partial charge in [-0.3, -0.25) is 9.59 Å². The van der Waals surface area contributed by atoms with E-state index in [0.717, 1.165) is 44.9 Å². The number of ether oxygens (including phenoxy) is 4. The maximum absolute atomic E-state index is 12.7. The quantitative estimate of drug-likeness (QED) is 0.0273. The monoisotopic (exact) mass is 783 g/mol. The number of carbonyl (C=O) groups is 2. The predicted octanol–water partition coefficient (Wildman–Crippen LogP) is 9.33. The minimum atomic E-state index is -1.60. The van der Waals surface area contributed by atoms with Gasteiger partial charge in [0.2, 0.25) is 0 Å². The molecule has 0 aromatic carbocycles. The number of aliphatic hydroxyl groups excluding tert-OH is 4. The largest absolute Gasteiger partial charge is 0.462 e. The molecule has 1 fully saturated rings. The summed E-state index contributed by atoms with van der Waals surface area (Å²) in [6, 6.07) is 0. The molecule has 10 heteroatoms. The van der Waals surface area contributed by atoms with E-state index in [1.54, 1.807) is 0 Å². The molecule has 0 bridgehead atoms. The Bertz CT molecular complexity index is 954. The van der Waals surface area contributed by atoms with Crippen molar-refractivity contribution in [1.82, 2.24) is 0 Å². The van der Waals surface area contributed by atoms with Gasteiger partial charge in [0, 0.05) is 12.8 Å². The van der Waals surface area contributed by atoms with Crippen LogP contribution in [0.15, 0.2) is 24.3 Å². The molecule has 1 aliphatic heterocycles. The van der Waals surface area contributed by atoms with Crippen LogP contribution < -0.4 is 0 Å². The lowest BCUT2D eigenvalue weighted by Gasteiger charge is -2.39. The molecular weight excluding hydrogens is 700 g/mol. The normalized spacial score (nSPS) is 20.7. The van der Waals surface area contributed by atoms with Crippen LogP contribution in [0.5, 0.6) is 0 Å². The Morgan fingerprint density at radius 2 is 0.982 bits per heavy atom. The van der Waals surface area contributed by atoms with Crippen molar-refractivity contribution in [2.24, 2.45) is 0 Å². The van der Waals surface area contributed by atoms with Crippen LogP contribution in [0.1, 0.15) is 194 Å². The number of hydrogen-bond donors (Lipinski definition) is 4. The molecule has 0 aromatic rings. The Hall–Kier alpha value is -1.82. The van der Waals surface area contributed by atoms with Crippen molar-refractivity contribution < 1.29 is 49.0 Å². The molecule has 0 aromatic heterocycles. The first-order valence-corrected chi connectivity index (χ1v) is 22.4. The number of rotatable bonds is 37. The van der Waals surface area contributed by atoms with Crippen molar-refractivity contribution in [1.29, 1.82) is 0 Å². The van der Waals surface area contributed by atoms with Crippen LogP contribution in [-0.4, -0.2) is 89.0 Å². The minimum absolute atomic E-state index is 0.201. The summed E-state index contributed by atoms with van der Waals surface area (Å²) in [6.45, 7) is 3.38. The molecule has 10 nitrogen and oxygen atoms in total. The highest BCUT2D eigenvalue weighted by Crippen LogP contribution is 2.22. The molecule has 1 saturated heterocycles. The zero-order valence-electron chi connectivity index (χ0n) is 34.9. The molecule has 2 unspecified atom stereocenters. The molecule has 0 amide bonds. The molecule has 6 atom stereocenters. The van der Waals surface area contributed by atoms with Crippen LogP contribution in [0, 0.1) is 0 Å². The summed E-state index contributed by atoms with van der Waals surface area (Å²) in [5.74, 6) is -0.830. The first-order valence-electron chi connectivity index (χ1n) is 22.4. The summed E-state index contributed by atoms with van der Waals surface area (Å²) in [5.41, 5.74) is 0. The van der Waals surface area contributed by atoms with Crippen molar-refractivity contribution in [2.75, 3.05) is 19.8 Å². The zero-order valence-corrected chi connectivity index (χ0v) is 34.9. The average molecular weight is 783 g/mol. The van der Waals surface area contributed by atoms with Gasteiger partial charge in [-0.15, -0.1) is 0 Å². The molecule has 0 spiro atoms. The Kier molecular flexibility index (Phi) is 34.0. The Labute approximate surface area is 334 Å². The summed E-state index contributed by atoms with van der Waals surface area (Å²) in [4.78, 5) is 25.3. The third kappa shape index (κ3) is 28.3. The van der Waals surface area contributed by atoms with Crippen LogP contribution in [0.2, 0.25) is 0 Å². The highest BCUT2D eigenvalue weighted by atomic mass is 16.7. The van der Waals surface area contributed by atoms with Gasteiger partial charge in [-0.05, 0) is 57.8 Å². The fourth-order valence-electron chi connectivity index (χ4n) is 6.69. The van der Waals surface area contributed by atoms with Gasteiger partial charge in [-0.25, -0.2) is 0 Å². The molecule has 1 rings (SSSR count). The van der Waals surface area contributed by atoms with Crippen LogP contribution >= 0.6 is 0 Å². The van der Waals surface area contributed by atoms with Crippen LogP contribution in [0.25, 0.3) is 0 Å². The first-order chi connectivity index (χ1) is 26.8. The molecule has 322 valence electrons. The van der Waals surface area contributed by atoms with Crippen molar-refractivity contribution in [3.63, 3.8) is 0 Å². The van der Waals surface area contributed by atoms with Crippen LogP contribution in [0.3, 0.4) is 0 Å². The number of esters is 2. The Morgan fingerprint density at radius 3 is 1.51 bits per heavy atom. The second kappa shape index (κ2) is 36.5. The van der Waals surface area contributed by atoms with E-state index in [0.29, 0.717) is 6.42 Å². The highest BCUT2D eigenvalue weighted by Gasteiger charge is 2.44. The SMILES string of the molecule is CCCC/C=C/CCCCCCCCCCCC(=O)OC[C@@H](CO[C@H]1O[C@@H](CO)[C@@H](O)C(O)C1O)OC(=O)CCCC/C=C/CCCCCCCCCCC. The van der Waals surface area contributed by atoms with E-state index in [4.69, 9.17) is 18.9 Å². The van der Waals surface area contributed by atoms with Gasteiger partial charge < -0.3 is 39.4 Å². The van der Waals surface area contributed by atoms with E-state index < -0.39 is 49.4 Å². The summed E-state index contributed by atoms with van der Waals surface area (Å²) in [6.07, 6.45) is 31.8. The summed E-state index contributed by atoms with van der Waals surface area (Å²) < 4.78 is 22.1. The topological polar surface area (TPSA) is 152 Å². The lowest BCUT2D eigenvalue weighted by molar-refractivity contribution is -0.305. The number of carbonyl (C=O) groups excluding carboxylic acids is 2. The zero-order chi connectivity index (χ0) is 40.2. The van der Waals surface area contributed by atoms with Gasteiger partial charge in [0.05, 0.1) is 13.2 Å². The standard InChI is InChI=1S/C45H82O10/c1-3-5-7-9-11-13-15-17-19-21-23-25-27-29-31-33-40(47)52-36-38(37-53-45-44(51)43(50)42(49)39(35-46)55-45)54-41(48)34-32-30-28-26-24-22-20-18-16-14-12-10-8-6-4-2/h9,11,24,26,38-39,42-46,49-51H,3-8,10,12-23,25,27-37H2,1-2H3/b11-9+,26-24+/t38-,39-,42+,43?,44?,45-/m0/s1. The van der Waals surface area contributed by atoms with E-state index in [1.807, 2.05) is 0 Å². The van der Waals surface area contributed by atoms with Gasteiger partial charge in [0.25, 0.3) is 0 Å². The van der Waals surface area contributed by atoms with E-state index in [-0.39, 0.29) is 32.0 Å². The Balaban J connectivity index is 2.34. The molecule has 55 heavy (non-hydrogen) atoms. The Morgan fingerprint density at radius 1 is 0.545 bits per heavy atom. The number of unbranched alkanes of at least 4 members (excludes halogenated alkanes) is 22. The smallest absolute Gasteiger partial charge is 0.306 e. The molecule has 1 aliphatic rings. The molecular formula is C45H82O10. The number of allylic oxidation sites excluding steroid dienone is 4. The second-order valence-electron chi connectivity index (χ2n) is 15.5. The molecule has 1 heterocycles. The highest BCUT2D eigenvalue weighted by molar-refractivity contribution is 5.70. The van der Waals surface area contributed by atoms with Gasteiger partial charge in [-0.2, -0.15) is 0 Å². The van der Waals surface area contributed by atoms with Crippen molar-refractivity contribution in [2.45, 2.75) is 230 Å². The van der Waals surface area contributed by atoms with Crippen molar-refractivity contribution in [3.8, 4) is 0 Å². The first kappa shape index (κ1) is 51.2. The van der Waals surface area contributed by atoms with E-state index in [9.17, 15) is 30.0 Å². The number of aliphatic hydroxyl groups is 4. The van der Waals surface area contributed by atoms with E-state index >= 15 is 0 Å². The van der Waals surface area contributed by atoms with Crippen molar-refractivity contribution in [3.05, 3.63) is 24.3 Å². The van der Waals surface area contributed by atoms with Gasteiger partial charge in [0.15, 0.2) is 12.4 Å². The van der Waals surface area contributed by atoms with Crippen LogP contribution in [-0.2, 0) is 28.5 Å². The second-order valence-corrected chi connectivity index (χ2v) is 15.5. The van der Waals surface area contributed by atoms with Gasteiger partial charge in [0.1, 0.15) is 31.0 Å². The molecule has 0 aliphatic carbocycles. The average Bonchev–Trinajstić information content (AvgIpc) is 3.18. The lowest BCUT2D eigenvalue weighted by Crippen LogP contribution is -2.59. The molecule has 0 radical (unpaired) electrons. The number of hydrogen-bond acceptors (Lipinski definition) is 10. The minimum Gasteiger partial charge on any atom is -0.462 e. The molecule has 0 saturated carbocycles. The van der Waals surface area contributed by atoms with E-state index in [1.165, 1.54) is 116 Å². The maximum Gasteiger partial charge on any atom is 0.306 e. The summed E-state index contributed by atoms with van der Waals surface area (Å²) >= 11 is 0. The fourth-order valence-corrected chi connectivity index (χ4v) is 6.69. The van der Waals surface area contributed by atoms with E-state index in [2.05, 4.69) is 38.2 Å². The van der Waals surface area contributed by atoms with Crippen LogP contribution in [0.4, 0.5) is 0 Å². The van der Waals surface area contributed by atoms with Gasteiger partial charge in [-0.1, -0.05) is 147 Å². The fraction of sp³-hybridized carbons (Fsp3) is 0.867. The third-order valence-electron chi connectivity index (χ3n) is 10.3.